The zero-order valence-corrected chi connectivity index (χ0v) is 32.1. The molecule has 12 aromatic rings. The van der Waals surface area contributed by atoms with Crippen LogP contribution in [0.3, 0.4) is 0 Å². The predicted molar refractivity (Wildman–Crippen MR) is 256 cm³/mol. The Morgan fingerprint density at radius 3 is 1.42 bits per heavy atom. The Hall–Kier alpha value is -8.41. The number of aromatic nitrogens is 5. The number of hydrogen-bond acceptors (Lipinski definition) is 3. The van der Waals surface area contributed by atoms with Gasteiger partial charge in [-0.05, 0) is 80.8 Å². The van der Waals surface area contributed by atoms with Crippen molar-refractivity contribution in [2.45, 2.75) is 0 Å². The Morgan fingerprint density at radius 1 is 0.323 bits per heavy atom. The first-order valence-corrected chi connectivity index (χ1v) is 19.3. The van der Waals surface area contributed by atoms with Gasteiger partial charge in [0.25, 0.3) is 0 Å². The Balaban J connectivity index is 1.25. The number of rotatable bonds is 7. The van der Waals surface area contributed by atoms with E-state index in [9.17, 15) is 9.60 Å². The van der Waals surface area contributed by atoms with Crippen molar-refractivity contribution in [1.82, 2.24) is 24.1 Å². The third-order valence-electron chi connectivity index (χ3n) is 10.6. The lowest BCUT2D eigenvalue weighted by molar-refractivity contribution is 0.893. The van der Waals surface area contributed by atoms with Gasteiger partial charge in [0.15, 0.2) is 5.82 Å². The van der Waals surface area contributed by atoms with Crippen LogP contribution in [0.15, 0.2) is 224 Å². The van der Waals surface area contributed by atoms with Gasteiger partial charge >= 0.3 is 0 Å². The van der Waals surface area contributed by atoms with Crippen molar-refractivity contribution < 1.29 is 27.4 Å². The highest BCUT2D eigenvalue weighted by Crippen LogP contribution is 2.38. The average Bonchev–Trinajstić information content (AvgIpc) is 1.90. The molecule has 0 radical (unpaired) electrons. The lowest BCUT2D eigenvalue weighted by atomic mass is 9.94. The molecular weight excluding hydrogens is 755 g/mol. The third-order valence-corrected chi connectivity index (χ3v) is 10.6. The van der Waals surface area contributed by atoms with Crippen molar-refractivity contribution in [2.24, 2.45) is 0 Å². The van der Waals surface area contributed by atoms with Gasteiger partial charge in [-0.3, -0.25) is 9.13 Å². The largest absolute Gasteiger partial charge is 0.278 e. The van der Waals surface area contributed by atoms with Crippen molar-refractivity contribution in [2.75, 3.05) is 0 Å². The van der Waals surface area contributed by atoms with Crippen LogP contribution in [-0.2, 0) is 0 Å². The van der Waals surface area contributed by atoms with Gasteiger partial charge in [0.2, 0.25) is 11.9 Å². The van der Waals surface area contributed by atoms with E-state index in [1.54, 1.807) is 24.3 Å². The Kier molecular flexibility index (Phi) is 4.91. The molecule has 0 atom stereocenters. The molecular formula is C57H37N5. The van der Waals surface area contributed by atoms with Crippen LogP contribution < -0.4 is 0 Å². The molecule has 0 aliphatic carbocycles. The van der Waals surface area contributed by atoms with Crippen molar-refractivity contribution >= 4 is 43.6 Å². The molecule has 3 heterocycles. The molecule has 0 fully saturated rings. The minimum absolute atomic E-state index is 0.236. The predicted octanol–water partition coefficient (Wildman–Crippen LogP) is 14.4. The first-order chi connectivity index (χ1) is 39.1. The van der Waals surface area contributed by atoms with Crippen LogP contribution in [-0.4, -0.2) is 24.1 Å². The molecule has 0 N–H and O–H groups in total. The van der Waals surface area contributed by atoms with E-state index in [0.717, 1.165) is 31.4 Å². The van der Waals surface area contributed by atoms with Crippen LogP contribution in [0.5, 0.6) is 0 Å². The van der Waals surface area contributed by atoms with Crippen molar-refractivity contribution in [1.29, 1.82) is 0 Å². The summed E-state index contributed by atoms with van der Waals surface area (Å²) < 4.78 is 183. The SMILES string of the molecule is [2H]c1c([2H])c([2H])c(-c2c([2H])c([2H])c3c4c([2H])c([2H])c([2H])c([2H])c4n(-c4nc(-c5ccccc5-c5cccc(-c6cccc(-c7ccccc7)c6)c5)nc(-n5c6c([2H])c([2H])c([2H])c([2H])c6c6c([2H])c([2H])c([2H])c([2H])c65)n4)c3c2[2H])c([2H])c1[2H]. The topological polar surface area (TPSA) is 48.5 Å². The maximum absolute atomic E-state index is 9.97. The highest BCUT2D eigenvalue weighted by atomic mass is 15.3. The van der Waals surface area contributed by atoms with Gasteiger partial charge in [0.1, 0.15) is 0 Å². The van der Waals surface area contributed by atoms with Gasteiger partial charge in [0, 0.05) is 27.1 Å². The molecule has 5 heteroatoms. The summed E-state index contributed by atoms with van der Waals surface area (Å²) in [5.74, 6) is -1.39. The minimum Gasteiger partial charge on any atom is -0.278 e. The number of benzene rings is 9. The molecule has 0 saturated carbocycles. The quantitative estimate of drug-likeness (QED) is 0.161. The maximum atomic E-state index is 9.97. The number of hydrogen-bond donors (Lipinski definition) is 0. The lowest BCUT2D eigenvalue weighted by Gasteiger charge is -2.15. The van der Waals surface area contributed by atoms with Gasteiger partial charge in [-0.2, -0.15) is 15.0 Å². The Bertz CT molecular complexity index is 4720. The molecule has 62 heavy (non-hydrogen) atoms. The first kappa shape index (κ1) is 20.7. The maximum Gasteiger partial charge on any atom is 0.240 e. The molecule has 9 aromatic carbocycles. The fourth-order valence-electron chi connectivity index (χ4n) is 7.81. The second kappa shape index (κ2) is 14.7. The fourth-order valence-corrected chi connectivity index (χ4v) is 7.81. The number of nitrogens with zero attached hydrogens (tertiary/aromatic N) is 5. The van der Waals surface area contributed by atoms with E-state index in [1.807, 2.05) is 72.8 Å². The first-order valence-electron chi connectivity index (χ1n) is 29.3. The van der Waals surface area contributed by atoms with Gasteiger partial charge in [-0.15, -0.1) is 0 Å². The minimum atomic E-state index is -0.826. The number of fused-ring (bicyclic) bond motifs is 6. The summed E-state index contributed by atoms with van der Waals surface area (Å²) in [4.78, 5) is 14.8. The molecule has 290 valence electrons. The summed E-state index contributed by atoms with van der Waals surface area (Å²) in [5, 5.41) is -1.45. The third kappa shape index (κ3) is 5.98. The van der Waals surface area contributed by atoms with E-state index < -0.39 is 177 Å². The molecule has 0 aliphatic heterocycles. The highest BCUT2D eigenvalue weighted by molar-refractivity contribution is 6.11. The van der Waals surface area contributed by atoms with E-state index in [-0.39, 0.29) is 22.2 Å². The zero-order chi connectivity index (χ0) is 58.4. The molecule has 5 nitrogen and oxygen atoms in total. The fraction of sp³-hybridized carbons (Fsp3) is 0. The smallest absolute Gasteiger partial charge is 0.240 e. The van der Waals surface area contributed by atoms with E-state index in [1.165, 1.54) is 0 Å². The molecule has 0 unspecified atom stereocenters. The molecule has 3 aromatic heterocycles. The monoisotopic (exact) mass is 811 g/mol. The molecule has 0 amide bonds. The summed E-state index contributed by atoms with van der Waals surface area (Å²) in [6.45, 7) is 0. The van der Waals surface area contributed by atoms with Crippen LogP contribution >= 0.6 is 0 Å². The van der Waals surface area contributed by atoms with Gasteiger partial charge in [-0.25, -0.2) is 0 Å². The van der Waals surface area contributed by atoms with E-state index in [2.05, 4.69) is 6.07 Å². The molecule has 0 bridgehead atoms. The second-order valence-corrected chi connectivity index (χ2v) is 14.1. The Morgan fingerprint density at radius 2 is 0.790 bits per heavy atom. The van der Waals surface area contributed by atoms with Crippen LogP contribution in [0, 0.1) is 0 Å². The molecule has 0 spiro atoms. The summed E-state index contributed by atoms with van der Waals surface area (Å²) in [5.41, 5.74) is 2.05. The summed E-state index contributed by atoms with van der Waals surface area (Å²) in [7, 11) is 0. The van der Waals surface area contributed by atoms with Crippen LogP contribution in [0.4, 0.5) is 0 Å². The highest BCUT2D eigenvalue weighted by Gasteiger charge is 2.22. The van der Waals surface area contributed by atoms with Gasteiger partial charge < -0.3 is 0 Å². The second-order valence-electron chi connectivity index (χ2n) is 14.1. The van der Waals surface area contributed by atoms with Crippen LogP contribution in [0.1, 0.15) is 27.4 Å². The van der Waals surface area contributed by atoms with Crippen molar-refractivity contribution in [3.8, 4) is 67.8 Å². The summed E-state index contributed by atoms with van der Waals surface area (Å²) in [6.07, 6.45) is 0. The molecule has 12 rings (SSSR count). The van der Waals surface area contributed by atoms with E-state index >= 15 is 0 Å². The van der Waals surface area contributed by atoms with Gasteiger partial charge in [-0.1, -0.05) is 188 Å². The van der Waals surface area contributed by atoms with Crippen LogP contribution in [0.25, 0.3) is 111 Å². The standard InChI is InChI=1S/C57H37N5/c1-3-17-38(18-4-1)40-21-15-22-41(35-40)42-23-16-24-44(36-42)45-25-7-8-29-50(45)55-58-56(61-51-30-12-9-26-46(51)47-27-10-13-31-52(47)61)60-57(59-55)62-53-32-14-11-28-48(53)49-34-33-43(37-54(49)62)39-19-5-2-6-20-39/h1-37H/i2D,5D,6D,9D,10D,11D,12D,13D,14D,19D,20D,26D,27D,28D,30D,31D,32D,33D,34D,37D. The normalized spacial score (nSPS) is 16.1. The van der Waals surface area contributed by atoms with Crippen molar-refractivity contribution in [3.05, 3.63) is 224 Å². The molecule has 0 saturated heterocycles. The van der Waals surface area contributed by atoms with E-state index in [4.69, 9.17) is 32.8 Å². The van der Waals surface area contributed by atoms with E-state index in [0.29, 0.717) is 11.1 Å². The lowest BCUT2D eigenvalue weighted by Crippen LogP contribution is -2.10. The summed E-state index contributed by atoms with van der Waals surface area (Å²) in [6, 6.07) is 17.1. The Labute approximate surface area is 386 Å². The average molecular weight is 812 g/mol. The van der Waals surface area contributed by atoms with Crippen molar-refractivity contribution in [3.63, 3.8) is 0 Å². The van der Waals surface area contributed by atoms with Gasteiger partial charge in [0.05, 0.1) is 49.5 Å². The summed E-state index contributed by atoms with van der Waals surface area (Å²) >= 11 is 0. The molecule has 0 aliphatic rings. The number of para-hydroxylation sites is 3. The van der Waals surface area contributed by atoms with Crippen LogP contribution in [0.2, 0.25) is 0 Å². The zero-order valence-electron chi connectivity index (χ0n) is 52.1.